The SMILES string of the molecule is CN=C(NCC1CC1c1ccccc1)N1CCN(CC(=O)N2CCCC2)CC1. The summed E-state index contributed by atoms with van der Waals surface area (Å²) in [6.07, 6.45) is 3.58. The highest BCUT2D eigenvalue weighted by molar-refractivity contribution is 5.80. The van der Waals surface area contributed by atoms with Crippen LogP contribution in [0, 0.1) is 5.92 Å². The van der Waals surface area contributed by atoms with Gasteiger partial charge in [0.05, 0.1) is 6.54 Å². The Labute approximate surface area is 168 Å². The van der Waals surface area contributed by atoms with Crippen molar-refractivity contribution >= 4 is 11.9 Å². The third kappa shape index (κ3) is 4.66. The van der Waals surface area contributed by atoms with Gasteiger partial charge in [0.2, 0.25) is 5.91 Å². The van der Waals surface area contributed by atoms with Crippen LogP contribution in [0.15, 0.2) is 35.3 Å². The summed E-state index contributed by atoms with van der Waals surface area (Å²) in [7, 11) is 1.87. The molecule has 0 aromatic heterocycles. The number of amides is 1. The summed E-state index contributed by atoms with van der Waals surface area (Å²) in [5, 5.41) is 3.58. The van der Waals surface area contributed by atoms with Crippen LogP contribution in [0.5, 0.6) is 0 Å². The van der Waals surface area contributed by atoms with Crippen molar-refractivity contribution in [3.8, 4) is 0 Å². The molecule has 1 N–H and O–H groups in total. The van der Waals surface area contributed by atoms with E-state index in [0.717, 1.165) is 64.6 Å². The number of carbonyl (C=O) groups excluding carboxylic acids is 1. The molecule has 3 aliphatic rings. The van der Waals surface area contributed by atoms with Crippen molar-refractivity contribution in [2.75, 3.05) is 59.4 Å². The number of rotatable bonds is 5. The molecule has 0 spiro atoms. The maximum absolute atomic E-state index is 12.4. The van der Waals surface area contributed by atoms with Gasteiger partial charge in [-0.15, -0.1) is 0 Å². The number of likely N-dealkylation sites (tertiary alicyclic amines) is 1. The summed E-state index contributed by atoms with van der Waals surface area (Å²) in [6, 6.07) is 10.8. The molecule has 6 heteroatoms. The second-order valence-electron chi connectivity index (χ2n) is 8.29. The monoisotopic (exact) mass is 383 g/mol. The molecule has 2 unspecified atom stereocenters. The minimum absolute atomic E-state index is 0.300. The molecule has 2 aliphatic heterocycles. The normalized spacial score (nSPS) is 25.8. The van der Waals surface area contributed by atoms with E-state index in [2.05, 4.69) is 50.4 Å². The topological polar surface area (TPSA) is 51.2 Å². The Morgan fingerprint density at radius 3 is 2.43 bits per heavy atom. The van der Waals surface area contributed by atoms with Crippen LogP contribution in [0.25, 0.3) is 0 Å². The van der Waals surface area contributed by atoms with Crippen molar-refractivity contribution in [2.24, 2.45) is 10.9 Å². The van der Waals surface area contributed by atoms with Crippen molar-refractivity contribution in [3.63, 3.8) is 0 Å². The molecule has 0 bridgehead atoms. The van der Waals surface area contributed by atoms with Crippen molar-refractivity contribution in [1.29, 1.82) is 0 Å². The fraction of sp³-hybridized carbons (Fsp3) is 0.636. The predicted molar refractivity (Wildman–Crippen MR) is 112 cm³/mol. The van der Waals surface area contributed by atoms with Gasteiger partial charge in [0.1, 0.15) is 0 Å². The number of hydrogen-bond donors (Lipinski definition) is 1. The Bertz CT molecular complexity index is 677. The average Bonchev–Trinajstić information content (AvgIpc) is 3.29. The van der Waals surface area contributed by atoms with Crippen LogP contribution in [0.3, 0.4) is 0 Å². The first-order chi connectivity index (χ1) is 13.7. The van der Waals surface area contributed by atoms with Gasteiger partial charge in [-0.1, -0.05) is 30.3 Å². The quantitative estimate of drug-likeness (QED) is 0.620. The first-order valence-electron chi connectivity index (χ1n) is 10.8. The lowest BCUT2D eigenvalue weighted by Gasteiger charge is -2.36. The van der Waals surface area contributed by atoms with Crippen LogP contribution >= 0.6 is 0 Å². The zero-order valence-corrected chi connectivity index (χ0v) is 17.0. The first kappa shape index (κ1) is 19.2. The van der Waals surface area contributed by atoms with E-state index in [9.17, 15) is 4.79 Å². The van der Waals surface area contributed by atoms with Gasteiger partial charge >= 0.3 is 0 Å². The third-order valence-corrected chi connectivity index (χ3v) is 6.37. The lowest BCUT2D eigenvalue weighted by Crippen LogP contribution is -2.54. The number of carbonyl (C=O) groups is 1. The number of guanidine groups is 1. The second-order valence-corrected chi connectivity index (χ2v) is 8.29. The highest BCUT2D eigenvalue weighted by atomic mass is 16.2. The summed E-state index contributed by atoms with van der Waals surface area (Å²) in [6.45, 7) is 7.16. The number of piperazine rings is 1. The number of benzene rings is 1. The van der Waals surface area contributed by atoms with E-state index in [1.165, 1.54) is 12.0 Å². The standard InChI is InChI=1S/C22H33N5O/c1-23-22(24-16-19-15-20(19)18-7-3-2-4-8-18)27-13-11-25(12-14-27)17-21(28)26-9-5-6-10-26/h2-4,7-8,19-20H,5-6,9-17H2,1H3,(H,23,24). The van der Waals surface area contributed by atoms with E-state index in [0.29, 0.717) is 24.3 Å². The Morgan fingerprint density at radius 2 is 1.75 bits per heavy atom. The van der Waals surface area contributed by atoms with Crippen LogP contribution in [0.4, 0.5) is 0 Å². The molecule has 1 aromatic rings. The van der Waals surface area contributed by atoms with Crippen molar-refractivity contribution in [3.05, 3.63) is 35.9 Å². The number of aliphatic imine (C=N–C) groups is 1. The van der Waals surface area contributed by atoms with Gasteiger partial charge in [-0.05, 0) is 36.7 Å². The maximum Gasteiger partial charge on any atom is 0.236 e. The van der Waals surface area contributed by atoms with Crippen LogP contribution in [0.2, 0.25) is 0 Å². The van der Waals surface area contributed by atoms with Gasteiger partial charge in [-0.25, -0.2) is 0 Å². The summed E-state index contributed by atoms with van der Waals surface area (Å²) in [4.78, 5) is 23.5. The third-order valence-electron chi connectivity index (χ3n) is 6.37. The largest absolute Gasteiger partial charge is 0.356 e. The molecule has 1 saturated carbocycles. The highest BCUT2D eigenvalue weighted by Gasteiger charge is 2.38. The molecule has 3 fully saturated rings. The highest BCUT2D eigenvalue weighted by Crippen LogP contribution is 2.46. The fourth-order valence-corrected chi connectivity index (χ4v) is 4.51. The summed E-state index contributed by atoms with van der Waals surface area (Å²) >= 11 is 0. The van der Waals surface area contributed by atoms with E-state index in [1.807, 2.05) is 11.9 Å². The van der Waals surface area contributed by atoms with Gasteiger partial charge in [-0.2, -0.15) is 0 Å². The number of nitrogens with zero attached hydrogens (tertiary/aromatic N) is 4. The minimum Gasteiger partial charge on any atom is -0.356 e. The zero-order chi connectivity index (χ0) is 19.3. The van der Waals surface area contributed by atoms with Gasteiger partial charge < -0.3 is 15.1 Å². The lowest BCUT2D eigenvalue weighted by atomic mass is 10.1. The van der Waals surface area contributed by atoms with Gasteiger partial charge in [0, 0.05) is 52.9 Å². The van der Waals surface area contributed by atoms with Gasteiger partial charge in [0.25, 0.3) is 0 Å². The zero-order valence-electron chi connectivity index (χ0n) is 17.0. The van der Waals surface area contributed by atoms with Gasteiger partial charge in [-0.3, -0.25) is 14.7 Å². The molecule has 6 nitrogen and oxygen atoms in total. The number of nitrogens with one attached hydrogen (secondary N) is 1. The Balaban J connectivity index is 1.19. The molecule has 1 aliphatic carbocycles. The van der Waals surface area contributed by atoms with E-state index >= 15 is 0 Å². The first-order valence-corrected chi connectivity index (χ1v) is 10.8. The molecule has 1 amide bonds. The molecule has 4 rings (SSSR count). The Kier molecular flexibility index (Phi) is 6.15. The van der Waals surface area contributed by atoms with Crippen LogP contribution < -0.4 is 5.32 Å². The molecule has 2 atom stereocenters. The summed E-state index contributed by atoms with van der Waals surface area (Å²) in [5.41, 5.74) is 1.46. The second kappa shape index (κ2) is 8.95. The molecular formula is C22H33N5O. The lowest BCUT2D eigenvalue weighted by molar-refractivity contribution is -0.131. The molecule has 28 heavy (non-hydrogen) atoms. The van der Waals surface area contributed by atoms with E-state index in [4.69, 9.17) is 0 Å². The van der Waals surface area contributed by atoms with Crippen LogP contribution in [0.1, 0.15) is 30.7 Å². The smallest absolute Gasteiger partial charge is 0.236 e. The van der Waals surface area contributed by atoms with Crippen LogP contribution in [-0.2, 0) is 4.79 Å². The van der Waals surface area contributed by atoms with Crippen molar-refractivity contribution in [1.82, 2.24) is 20.0 Å². The van der Waals surface area contributed by atoms with Crippen LogP contribution in [-0.4, -0.2) is 86.0 Å². The van der Waals surface area contributed by atoms with E-state index in [-0.39, 0.29) is 0 Å². The Morgan fingerprint density at radius 1 is 1.04 bits per heavy atom. The minimum atomic E-state index is 0.300. The molecule has 2 saturated heterocycles. The van der Waals surface area contributed by atoms with Crippen molar-refractivity contribution < 1.29 is 4.79 Å². The molecule has 152 valence electrons. The predicted octanol–water partition coefficient (Wildman–Crippen LogP) is 1.61. The summed E-state index contributed by atoms with van der Waals surface area (Å²) < 4.78 is 0. The molecule has 2 heterocycles. The van der Waals surface area contributed by atoms with Gasteiger partial charge in [0.15, 0.2) is 5.96 Å². The van der Waals surface area contributed by atoms with E-state index < -0.39 is 0 Å². The van der Waals surface area contributed by atoms with E-state index in [1.54, 1.807) is 0 Å². The Hall–Kier alpha value is -2.08. The average molecular weight is 384 g/mol. The fourth-order valence-electron chi connectivity index (χ4n) is 4.51. The summed E-state index contributed by atoms with van der Waals surface area (Å²) in [5.74, 6) is 2.71. The number of hydrogen-bond acceptors (Lipinski definition) is 3. The molecule has 1 aromatic carbocycles. The molecular weight excluding hydrogens is 350 g/mol. The molecule has 0 radical (unpaired) electrons. The maximum atomic E-state index is 12.4. The van der Waals surface area contributed by atoms with Crippen molar-refractivity contribution in [2.45, 2.75) is 25.2 Å².